The van der Waals surface area contributed by atoms with Gasteiger partial charge in [0.1, 0.15) is 5.82 Å². The molecule has 0 amide bonds. The number of rotatable bonds is 3. The average Bonchev–Trinajstić information content (AvgIpc) is 3.06. The lowest BCUT2D eigenvalue weighted by atomic mass is 9.99. The summed E-state index contributed by atoms with van der Waals surface area (Å²) >= 11 is 0. The van der Waals surface area contributed by atoms with Crippen LogP contribution in [0.15, 0.2) is 0 Å². The molecule has 0 spiro atoms. The smallest absolute Gasteiger partial charge is 0.123 e. The van der Waals surface area contributed by atoms with Gasteiger partial charge in [-0.1, -0.05) is 0 Å². The third-order valence-electron chi connectivity index (χ3n) is 4.79. The fraction of sp³-hybridized carbons (Fsp3) is 0.786. The second-order valence-corrected chi connectivity index (χ2v) is 6.12. The van der Waals surface area contributed by atoms with Gasteiger partial charge < -0.3 is 10.3 Å². The molecule has 1 aliphatic heterocycles. The summed E-state index contributed by atoms with van der Waals surface area (Å²) < 4.78 is 2.21. The molecule has 2 N–H and O–H groups in total. The molecule has 0 unspecified atom stereocenters. The Balaban J connectivity index is 0.000001000. The van der Waals surface area contributed by atoms with Gasteiger partial charge in [0.15, 0.2) is 0 Å². The van der Waals surface area contributed by atoms with Crippen molar-refractivity contribution in [2.24, 2.45) is 24.6 Å². The maximum atomic E-state index is 6.27. The Morgan fingerprint density at radius 2 is 1.85 bits per heavy atom. The first-order valence-electron chi connectivity index (χ1n) is 7.03. The number of aryl methyl sites for hydroxylation is 1. The SMILES string of the molecule is Cc1nc(CN2C[C@H](C3CC3)[C@@H](N)C2)n(C)c1C.Cl.Cl. The van der Waals surface area contributed by atoms with E-state index < -0.39 is 0 Å². The number of nitrogens with zero attached hydrogens (tertiary/aromatic N) is 3. The molecule has 2 heterocycles. The molecule has 1 aliphatic carbocycles. The van der Waals surface area contributed by atoms with Gasteiger partial charge in [-0.15, -0.1) is 24.8 Å². The van der Waals surface area contributed by atoms with Gasteiger partial charge >= 0.3 is 0 Å². The van der Waals surface area contributed by atoms with Crippen LogP contribution in [0, 0.1) is 25.7 Å². The van der Waals surface area contributed by atoms with Gasteiger partial charge in [-0.3, -0.25) is 4.90 Å². The van der Waals surface area contributed by atoms with Crippen LogP contribution in [-0.4, -0.2) is 33.6 Å². The molecule has 0 aromatic carbocycles. The summed E-state index contributed by atoms with van der Waals surface area (Å²) in [7, 11) is 2.11. The van der Waals surface area contributed by atoms with Gasteiger partial charge in [0.25, 0.3) is 0 Å². The van der Waals surface area contributed by atoms with E-state index in [0.29, 0.717) is 6.04 Å². The standard InChI is InChI=1S/C14H24N4.2ClH/c1-9-10(2)17(3)14(16-9)8-18-6-12(11-4-5-11)13(15)7-18;;/h11-13H,4-8,15H2,1-3H3;2*1H/t12-,13+;;/m1../s1. The fourth-order valence-electron chi connectivity index (χ4n) is 3.22. The van der Waals surface area contributed by atoms with Crippen LogP contribution >= 0.6 is 24.8 Å². The molecule has 1 aromatic rings. The molecule has 0 radical (unpaired) electrons. The van der Waals surface area contributed by atoms with Crippen molar-refractivity contribution in [3.05, 3.63) is 17.2 Å². The van der Waals surface area contributed by atoms with E-state index in [4.69, 9.17) is 5.73 Å². The summed E-state index contributed by atoms with van der Waals surface area (Å²) in [6, 6.07) is 0.375. The monoisotopic (exact) mass is 320 g/mol. The van der Waals surface area contributed by atoms with E-state index >= 15 is 0 Å². The Morgan fingerprint density at radius 1 is 1.20 bits per heavy atom. The van der Waals surface area contributed by atoms with Crippen LogP contribution in [0.3, 0.4) is 0 Å². The predicted molar refractivity (Wildman–Crippen MR) is 86.6 cm³/mol. The van der Waals surface area contributed by atoms with Crippen molar-refractivity contribution >= 4 is 24.8 Å². The normalized spacial score (nSPS) is 26.2. The third-order valence-corrected chi connectivity index (χ3v) is 4.79. The maximum Gasteiger partial charge on any atom is 0.123 e. The molecule has 1 aromatic heterocycles. The van der Waals surface area contributed by atoms with E-state index in [-0.39, 0.29) is 24.8 Å². The highest BCUT2D eigenvalue weighted by Crippen LogP contribution is 2.41. The van der Waals surface area contributed by atoms with E-state index in [2.05, 4.69) is 35.3 Å². The highest BCUT2D eigenvalue weighted by molar-refractivity contribution is 5.85. The minimum absolute atomic E-state index is 0. The summed E-state index contributed by atoms with van der Waals surface area (Å²) in [6.45, 7) is 7.36. The lowest BCUT2D eigenvalue weighted by Crippen LogP contribution is -2.30. The number of aromatic nitrogens is 2. The highest BCUT2D eigenvalue weighted by Gasteiger charge is 2.40. The zero-order chi connectivity index (χ0) is 12.9. The first kappa shape index (κ1) is 17.8. The summed E-state index contributed by atoms with van der Waals surface area (Å²) in [4.78, 5) is 7.15. The van der Waals surface area contributed by atoms with Crippen molar-refractivity contribution in [1.29, 1.82) is 0 Å². The van der Waals surface area contributed by atoms with Crippen LogP contribution in [0.5, 0.6) is 0 Å². The Hall–Kier alpha value is -0.290. The Labute approximate surface area is 133 Å². The number of imidazole rings is 1. The minimum Gasteiger partial charge on any atom is -0.334 e. The Bertz CT molecular complexity index is 456. The zero-order valence-electron chi connectivity index (χ0n) is 12.5. The molecule has 6 heteroatoms. The number of halogens is 2. The number of hydrogen-bond acceptors (Lipinski definition) is 3. The van der Waals surface area contributed by atoms with Crippen LogP contribution in [-0.2, 0) is 13.6 Å². The van der Waals surface area contributed by atoms with Crippen molar-refractivity contribution in [2.45, 2.75) is 39.3 Å². The van der Waals surface area contributed by atoms with Crippen molar-refractivity contribution in [2.75, 3.05) is 13.1 Å². The molecule has 1 saturated heterocycles. The molecule has 20 heavy (non-hydrogen) atoms. The van der Waals surface area contributed by atoms with Crippen LogP contribution in [0.1, 0.15) is 30.1 Å². The first-order valence-corrected chi connectivity index (χ1v) is 7.03. The second-order valence-electron chi connectivity index (χ2n) is 6.12. The van der Waals surface area contributed by atoms with Crippen LogP contribution < -0.4 is 5.73 Å². The summed E-state index contributed by atoms with van der Waals surface area (Å²) in [6.07, 6.45) is 2.79. The van der Waals surface area contributed by atoms with E-state index in [9.17, 15) is 0 Å². The van der Waals surface area contributed by atoms with Gasteiger partial charge in [-0.05, 0) is 38.5 Å². The fourth-order valence-corrected chi connectivity index (χ4v) is 3.22. The third kappa shape index (κ3) is 3.30. The molecule has 2 aliphatic rings. The molecular weight excluding hydrogens is 295 g/mol. The zero-order valence-corrected chi connectivity index (χ0v) is 14.1. The Morgan fingerprint density at radius 3 is 2.35 bits per heavy atom. The molecule has 0 bridgehead atoms. The molecule has 1 saturated carbocycles. The summed E-state index contributed by atoms with van der Waals surface area (Å²) in [5.41, 5.74) is 8.69. The lowest BCUT2D eigenvalue weighted by molar-refractivity contribution is 0.298. The number of nitrogens with two attached hydrogens (primary N) is 1. The van der Waals surface area contributed by atoms with E-state index in [1.54, 1.807) is 0 Å². The topological polar surface area (TPSA) is 47.1 Å². The maximum absolute atomic E-state index is 6.27. The van der Waals surface area contributed by atoms with Gasteiger partial charge in [-0.2, -0.15) is 0 Å². The van der Waals surface area contributed by atoms with Crippen molar-refractivity contribution < 1.29 is 0 Å². The molecule has 3 rings (SSSR count). The lowest BCUT2D eigenvalue weighted by Gasteiger charge is -2.15. The summed E-state index contributed by atoms with van der Waals surface area (Å²) in [5.74, 6) is 2.82. The van der Waals surface area contributed by atoms with Gasteiger partial charge in [0, 0.05) is 31.9 Å². The van der Waals surface area contributed by atoms with Crippen LogP contribution in [0.4, 0.5) is 0 Å². The predicted octanol–water partition coefficient (Wildman–Crippen LogP) is 2.05. The molecule has 2 atom stereocenters. The minimum atomic E-state index is 0. The molecule has 116 valence electrons. The largest absolute Gasteiger partial charge is 0.334 e. The first-order chi connectivity index (χ1) is 8.56. The number of likely N-dealkylation sites (tertiary alicyclic amines) is 1. The average molecular weight is 321 g/mol. The summed E-state index contributed by atoms with van der Waals surface area (Å²) in [5, 5.41) is 0. The van der Waals surface area contributed by atoms with E-state index in [1.165, 1.54) is 24.4 Å². The number of hydrogen-bond donors (Lipinski definition) is 1. The van der Waals surface area contributed by atoms with E-state index in [1.807, 2.05) is 0 Å². The molecule has 4 nitrogen and oxygen atoms in total. The van der Waals surface area contributed by atoms with Gasteiger partial charge in [-0.25, -0.2) is 4.98 Å². The molecular formula is C14H26Cl2N4. The van der Waals surface area contributed by atoms with Crippen molar-refractivity contribution in [3.8, 4) is 0 Å². The van der Waals surface area contributed by atoms with Gasteiger partial charge in [0.05, 0.1) is 12.2 Å². The van der Waals surface area contributed by atoms with Crippen molar-refractivity contribution in [1.82, 2.24) is 14.5 Å². The highest BCUT2D eigenvalue weighted by atomic mass is 35.5. The Kier molecular flexibility index (Phi) is 5.90. The molecule has 2 fully saturated rings. The van der Waals surface area contributed by atoms with Gasteiger partial charge in [0.2, 0.25) is 0 Å². The van der Waals surface area contributed by atoms with Crippen molar-refractivity contribution in [3.63, 3.8) is 0 Å². The van der Waals surface area contributed by atoms with E-state index in [0.717, 1.165) is 37.2 Å². The van der Waals surface area contributed by atoms with Crippen LogP contribution in [0.25, 0.3) is 0 Å². The van der Waals surface area contributed by atoms with Crippen LogP contribution in [0.2, 0.25) is 0 Å². The quantitative estimate of drug-likeness (QED) is 0.927. The second kappa shape index (κ2) is 6.65.